The third-order valence-electron chi connectivity index (χ3n) is 5.28. The number of aliphatic hydroxyl groups is 3. The SMILES string of the molecule is CCNc1ncnc2c1nc(NC1CCCC1)n2[C@@H]1O[C@H](CO)C(O)C1O. The number of anilines is 2. The smallest absolute Gasteiger partial charge is 0.207 e. The summed E-state index contributed by atoms with van der Waals surface area (Å²) in [6.07, 6.45) is 1.68. The van der Waals surface area contributed by atoms with E-state index in [2.05, 4.69) is 25.6 Å². The Morgan fingerprint density at radius 3 is 2.67 bits per heavy atom. The van der Waals surface area contributed by atoms with E-state index in [0.29, 0.717) is 29.5 Å². The maximum atomic E-state index is 10.5. The molecule has 148 valence electrons. The van der Waals surface area contributed by atoms with Crippen LogP contribution >= 0.6 is 0 Å². The van der Waals surface area contributed by atoms with Crippen LogP contribution in [0.4, 0.5) is 11.8 Å². The van der Waals surface area contributed by atoms with E-state index in [9.17, 15) is 15.3 Å². The monoisotopic (exact) mass is 378 g/mol. The summed E-state index contributed by atoms with van der Waals surface area (Å²) in [5, 5.41) is 36.7. The minimum atomic E-state index is -1.21. The van der Waals surface area contributed by atoms with Crippen molar-refractivity contribution in [2.75, 3.05) is 23.8 Å². The van der Waals surface area contributed by atoms with Gasteiger partial charge in [-0.3, -0.25) is 4.57 Å². The number of ether oxygens (including phenoxy) is 1. The first-order chi connectivity index (χ1) is 13.1. The highest BCUT2D eigenvalue weighted by molar-refractivity contribution is 5.85. The summed E-state index contributed by atoms with van der Waals surface area (Å²) in [5.41, 5.74) is 1.06. The molecule has 0 aromatic carbocycles. The van der Waals surface area contributed by atoms with Crippen molar-refractivity contribution in [3.05, 3.63) is 6.33 Å². The van der Waals surface area contributed by atoms with Gasteiger partial charge < -0.3 is 30.7 Å². The van der Waals surface area contributed by atoms with Crippen LogP contribution < -0.4 is 10.6 Å². The van der Waals surface area contributed by atoms with E-state index in [-0.39, 0.29) is 12.6 Å². The van der Waals surface area contributed by atoms with Crippen LogP contribution in [0.2, 0.25) is 0 Å². The molecule has 1 aliphatic carbocycles. The highest BCUT2D eigenvalue weighted by Gasteiger charge is 2.45. The van der Waals surface area contributed by atoms with Crippen molar-refractivity contribution >= 4 is 22.9 Å². The Balaban J connectivity index is 1.79. The van der Waals surface area contributed by atoms with E-state index in [1.165, 1.54) is 6.33 Å². The van der Waals surface area contributed by atoms with Gasteiger partial charge in [0.15, 0.2) is 23.2 Å². The van der Waals surface area contributed by atoms with Gasteiger partial charge >= 0.3 is 0 Å². The molecule has 1 saturated heterocycles. The van der Waals surface area contributed by atoms with E-state index in [4.69, 9.17) is 4.74 Å². The maximum absolute atomic E-state index is 10.5. The molecule has 0 radical (unpaired) electrons. The molecule has 27 heavy (non-hydrogen) atoms. The van der Waals surface area contributed by atoms with Gasteiger partial charge in [-0.05, 0) is 19.8 Å². The quantitative estimate of drug-likeness (QED) is 0.478. The molecule has 2 aromatic heterocycles. The lowest BCUT2D eigenvalue weighted by Gasteiger charge is -2.21. The second kappa shape index (κ2) is 7.55. The van der Waals surface area contributed by atoms with Crippen LogP contribution in [0.3, 0.4) is 0 Å². The summed E-state index contributed by atoms with van der Waals surface area (Å²) in [6.45, 7) is 2.26. The van der Waals surface area contributed by atoms with Gasteiger partial charge in [0.25, 0.3) is 0 Å². The Bertz CT molecular complexity index is 793. The topological polar surface area (TPSA) is 138 Å². The second-order valence-corrected chi connectivity index (χ2v) is 7.08. The molecule has 2 aliphatic rings. The number of nitrogens with one attached hydrogen (secondary N) is 2. The highest BCUT2D eigenvalue weighted by Crippen LogP contribution is 2.36. The summed E-state index contributed by atoms with van der Waals surface area (Å²) >= 11 is 0. The molecular formula is C17H26N6O4. The van der Waals surface area contributed by atoms with Gasteiger partial charge in [-0.15, -0.1) is 0 Å². The standard InChI is InChI=1S/C17H26N6O4/c1-2-18-14-11-15(20-8-19-14)23(16-13(26)12(25)10(7-24)27-16)17(22-11)21-9-5-3-4-6-9/h8-10,12-13,16,24-26H,2-7H2,1H3,(H,21,22)(H,18,19,20)/t10-,12?,13?,16-/m1/s1. The van der Waals surface area contributed by atoms with Gasteiger partial charge in [-0.1, -0.05) is 12.8 Å². The molecule has 1 aliphatic heterocycles. The number of nitrogens with zero attached hydrogens (tertiary/aromatic N) is 4. The zero-order valence-electron chi connectivity index (χ0n) is 15.2. The summed E-state index contributed by atoms with van der Waals surface area (Å²) in [5.74, 6) is 1.12. The van der Waals surface area contributed by atoms with Crippen molar-refractivity contribution < 1.29 is 20.1 Å². The van der Waals surface area contributed by atoms with Crippen molar-refractivity contribution in [2.24, 2.45) is 0 Å². The molecule has 1 saturated carbocycles. The second-order valence-electron chi connectivity index (χ2n) is 7.08. The predicted octanol–water partition coefficient (Wildman–Crippen LogP) is 0.224. The van der Waals surface area contributed by atoms with Crippen molar-refractivity contribution in [3.8, 4) is 0 Å². The van der Waals surface area contributed by atoms with Crippen LogP contribution in [-0.4, -0.2) is 72.3 Å². The molecule has 4 atom stereocenters. The lowest BCUT2D eigenvalue weighted by atomic mass is 10.1. The molecule has 0 spiro atoms. The van der Waals surface area contributed by atoms with Crippen LogP contribution in [0.25, 0.3) is 11.2 Å². The summed E-state index contributed by atoms with van der Waals surface area (Å²) < 4.78 is 7.41. The van der Waals surface area contributed by atoms with Gasteiger partial charge in [0.2, 0.25) is 5.95 Å². The van der Waals surface area contributed by atoms with Gasteiger partial charge in [-0.25, -0.2) is 15.0 Å². The van der Waals surface area contributed by atoms with Crippen molar-refractivity contribution in [1.82, 2.24) is 19.5 Å². The van der Waals surface area contributed by atoms with Crippen LogP contribution in [0.5, 0.6) is 0 Å². The van der Waals surface area contributed by atoms with E-state index in [1.54, 1.807) is 4.57 Å². The predicted molar refractivity (Wildman–Crippen MR) is 98.4 cm³/mol. The van der Waals surface area contributed by atoms with Crippen LogP contribution in [0.1, 0.15) is 38.8 Å². The normalized spacial score (nSPS) is 28.9. The Kier molecular flexibility index (Phi) is 5.13. The number of imidazole rings is 1. The van der Waals surface area contributed by atoms with E-state index in [0.717, 1.165) is 25.7 Å². The minimum Gasteiger partial charge on any atom is -0.394 e. The minimum absolute atomic E-state index is 0.285. The van der Waals surface area contributed by atoms with Gasteiger partial charge in [0, 0.05) is 12.6 Å². The van der Waals surface area contributed by atoms with Crippen molar-refractivity contribution in [2.45, 2.75) is 63.2 Å². The van der Waals surface area contributed by atoms with E-state index < -0.39 is 24.5 Å². The van der Waals surface area contributed by atoms with Crippen LogP contribution in [0.15, 0.2) is 6.33 Å². The first kappa shape index (κ1) is 18.4. The average molecular weight is 378 g/mol. The molecule has 2 unspecified atom stereocenters. The summed E-state index contributed by atoms with van der Waals surface area (Å²) in [4.78, 5) is 13.3. The van der Waals surface area contributed by atoms with Crippen LogP contribution in [-0.2, 0) is 4.74 Å². The average Bonchev–Trinajstić information content (AvgIpc) is 3.36. The fourth-order valence-corrected chi connectivity index (χ4v) is 3.89. The zero-order valence-corrected chi connectivity index (χ0v) is 15.2. The molecule has 0 bridgehead atoms. The van der Waals surface area contributed by atoms with E-state index in [1.807, 2.05) is 6.92 Å². The molecule has 4 rings (SSSR count). The molecule has 3 heterocycles. The largest absolute Gasteiger partial charge is 0.394 e. The van der Waals surface area contributed by atoms with E-state index >= 15 is 0 Å². The molecule has 2 fully saturated rings. The molecule has 10 heteroatoms. The van der Waals surface area contributed by atoms with Crippen LogP contribution in [0, 0.1) is 0 Å². The van der Waals surface area contributed by atoms with Gasteiger partial charge in [-0.2, -0.15) is 0 Å². The van der Waals surface area contributed by atoms with Crippen molar-refractivity contribution in [3.63, 3.8) is 0 Å². The zero-order chi connectivity index (χ0) is 19.0. The first-order valence-electron chi connectivity index (χ1n) is 9.49. The molecule has 5 N–H and O–H groups in total. The van der Waals surface area contributed by atoms with Gasteiger partial charge in [0.1, 0.15) is 24.6 Å². The number of fused-ring (bicyclic) bond motifs is 1. The summed E-state index contributed by atoms with van der Waals surface area (Å²) in [7, 11) is 0. The lowest BCUT2D eigenvalue weighted by Crippen LogP contribution is -2.33. The maximum Gasteiger partial charge on any atom is 0.207 e. The van der Waals surface area contributed by atoms with Crippen molar-refractivity contribution in [1.29, 1.82) is 0 Å². The fourth-order valence-electron chi connectivity index (χ4n) is 3.89. The number of aromatic nitrogens is 4. The third kappa shape index (κ3) is 3.22. The Morgan fingerprint density at radius 2 is 2.00 bits per heavy atom. The Labute approximate surface area is 156 Å². The Hall–Kier alpha value is -2.01. The number of aliphatic hydroxyl groups excluding tert-OH is 3. The number of hydrogen-bond donors (Lipinski definition) is 5. The number of hydrogen-bond acceptors (Lipinski definition) is 9. The lowest BCUT2D eigenvalue weighted by molar-refractivity contribution is -0.0501. The fraction of sp³-hybridized carbons (Fsp3) is 0.706. The Morgan fingerprint density at radius 1 is 1.22 bits per heavy atom. The molecule has 10 nitrogen and oxygen atoms in total. The summed E-state index contributed by atoms with van der Waals surface area (Å²) in [6, 6.07) is 0.285. The molecule has 2 aromatic rings. The molecule has 0 amide bonds. The van der Waals surface area contributed by atoms with Gasteiger partial charge in [0.05, 0.1) is 6.61 Å². The first-order valence-corrected chi connectivity index (χ1v) is 9.49. The third-order valence-corrected chi connectivity index (χ3v) is 5.28. The molecular weight excluding hydrogens is 352 g/mol. The highest BCUT2D eigenvalue weighted by atomic mass is 16.6. The number of rotatable bonds is 6.